The minimum Gasteiger partial charge on any atom is -0.462 e. The molecule has 1 heterocycles. The first-order valence-electron chi connectivity index (χ1n) is 8.16. The minimum atomic E-state index is -0.503. The molecule has 2 rings (SSSR count). The van der Waals surface area contributed by atoms with Crippen LogP contribution in [0.2, 0.25) is 5.02 Å². The highest BCUT2D eigenvalue weighted by atomic mass is 35.5. The van der Waals surface area contributed by atoms with Gasteiger partial charge in [-0.15, -0.1) is 0 Å². The maximum Gasteiger partial charge on any atom is 0.343 e. The van der Waals surface area contributed by atoms with Crippen LogP contribution in [0.15, 0.2) is 35.6 Å². The summed E-state index contributed by atoms with van der Waals surface area (Å²) in [6.45, 7) is 2.64. The van der Waals surface area contributed by atoms with E-state index in [4.69, 9.17) is 16.3 Å². The number of rotatable bonds is 8. The van der Waals surface area contributed by atoms with Gasteiger partial charge in [0, 0.05) is 19.3 Å². The van der Waals surface area contributed by atoms with E-state index in [-0.39, 0.29) is 18.2 Å². The molecule has 8 nitrogen and oxygen atoms in total. The fraction of sp³-hybridized carbons (Fsp3) is 0.294. The molecule has 27 heavy (non-hydrogen) atoms. The number of nitrogens with one attached hydrogen (secondary N) is 3. The second-order valence-corrected chi connectivity index (χ2v) is 6.31. The lowest BCUT2D eigenvalue weighted by molar-refractivity contribution is 0.0526. The first kappa shape index (κ1) is 20.8. The van der Waals surface area contributed by atoms with Crippen molar-refractivity contribution in [1.82, 2.24) is 15.3 Å². The molecule has 2 aromatic rings. The van der Waals surface area contributed by atoms with Crippen LogP contribution in [0.4, 0.5) is 16.3 Å². The Morgan fingerprint density at radius 2 is 2.04 bits per heavy atom. The standard InChI is InChI=1S/C17H20ClN5O3S/c1-3-26-15(24)11-10-21-17(27-2)23-14(11)19-8-9-20-16(25)22-13-7-5-4-6-12(13)18/h4-7,10H,3,8-9H2,1-2H3,(H,19,21,23)(H2,20,22,25). The SMILES string of the molecule is CCOC(=O)c1cnc(SC)nc1NCCNC(=O)Nc1ccccc1Cl. The first-order chi connectivity index (χ1) is 13.0. The molecule has 10 heteroatoms. The van der Waals surface area contributed by atoms with Gasteiger partial charge in [-0.05, 0) is 25.3 Å². The Morgan fingerprint density at radius 3 is 2.74 bits per heavy atom. The summed E-state index contributed by atoms with van der Waals surface area (Å²) in [4.78, 5) is 32.3. The third-order valence-corrected chi connectivity index (χ3v) is 4.16. The molecular formula is C17H20ClN5O3S. The number of ether oxygens (including phenoxy) is 1. The molecule has 0 spiro atoms. The first-order valence-corrected chi connectivity index (χ1v) is 9.76. The number of para-hydroxylation sites is 1. The van der Waals surface area contributed by atoms with Gasteiger partial charge < -0.3 is 20.7 Å². The summed E-state index contributed by atoms with van der Waals surface area (Å²) in [6.07, 6.45) is 3.26. The fourth-order valence-corrected chi connectivity index (χ4v) is 2.57. The lowest BCUT2D eigenvalue weighted by atomic mass is 10.3. The van der Waals surface area contributed by atoms with Gasteiger partial charge in [-0.2, -0.15) is 0 Å². The van der Waals surface area contributed by atoms with Gasteiger partial charge in [-0.3, -0.25) is 0 Å². The predicted molar refractivity (Wildman–Crippen MR) is 107 cm³/mol. The minimum absolute atomic E-state index is 0.246. The van der Waals surface area contributed by atoms with Gasteiger partial charge in [0.2, 0.25) is 0 Å². The molecular weight excluding hydrogens is 390 g/mol. The van der Waals surface area contributed by atoms with Crippen LogP contribution >= 0.6 is 23.4 Å². The molecule has 1 aromatic carbocycles. The number of nitrogens with zero attached hydrogens (tertiary/aromatic N) is 2. The number of hydrogen-bond donors (Lipinski definition) is 3. The number of carbonyl (C=O) groups excluding carboxylic acids is 2. The van der Waals surface area contributed by atoms with E-state index in [1.54, 1.807) is 31.2 Å². The number of aromatic nitrogens is 2. The molecule has 0 atom stereocenters. The van der Waals surface area contributed by atoms with Gasteiger partial charge in [-0.1, -0.05) is 35.5 Å². The van der Waals surface area contributed by atoms with E-state index in [2.05, 4.69) is 25.9 Å². The summed E-state index contributed by atoms with van der Waals surface area (Å²) in [6, 6.07) is 6.56. The predicted octanol–water partition coefficient (Wildman–Crippen LogP) is 3.26. The average molecular weight is 410 g/mol. The molecule has 2 amide bonds. The molecule has 1 aromatic heterocycles. The monoisotopic (exact) mass is 409 g/mol. The van der Waals surface area contributed by atoms with Crippen LogP contribution in [0.25, 0.3) is 0 Å². The Hall–Kier alpha value is -2.52. The Labute approximate surface area is 166 Å². The van der Waals surface area contributed by atoms with Crippen molar-refractivity contribution in [3.05, 3.63) is 41.0 Å². The van der Waals surface area contributed by atoms with Crippen molar-refractivity contribution in [2.45, 2.75) is 12.1 Å². The van der Waals surface area contributed by atoms with Gasteiger partial charge in [0.15, 0.2) is 5.16 Å². The molecule has 0 fully saturated rings. The number of halogens is 1. The second-order valence-electron chi connectivity index (χ2n) is 5.13. The molecule has 144 valence electrons. The van der Waals surface area contributed by atoms with E-state index in [9.17, 15) is 9.59 Å². The quantitative estimate of drug-likeness (QED) is 0.266. The Kier molecular flexibility index (Phi) is 8.15. The van der Waals surface area contributed by atoms with Crippen molar-refractivity contribution in [1.29, 1.82) is 0 Å². The third-order valence-electron chi connectivity index (χ3n) is 3.27. The van der Waals surface area contributed by atoms with Crippen molar-refractivity contribution in [3.8, 4) is 0 Å². The molecule has 0 aliphatic carbocycles. The van der Waals surface area contributed by atoms with Crippen LogP contribution in [0.1, 0.15) is 17.3 Å². The normalized spacial score (nSPS) is 10.2. The van der Waals surface area contributed by atoms with Crippen LogP contribution in [0.5, 0.6) is 0 Å². The van der Waals surface area contributed by atoms with Gasteiger partial charge in [0.25, 0.3) is 0 Å². The van der Waals surface area contributed by atoms with Crippen molar-refractivity contribution in [2.24, 2.45) is 0 Å². The molecule has 0 aliphatic heterocycles. The van der Waals surface area contributed by atoms with Gasteiger partial charge in [-0.25, -0.2) is 19.6 Å². The van der Waals surface area contributed by atoms with E-state index in [1.807, 2.05) is 6.26 Å². The highest BCUT2D eigenvalue weighted by molar-refractivity contribution is 7.98. The fourth-order valence-electron chi connectivity index (χ4n) is 2.04. The number of amides is 2. The number of urea groups is 1. The van der Waals surface area contributed by atoms with Gasteiger partial charge >= 0.3 is 12.0 Å². The maximum absolute atomic E-state index is 12.0. The molecule has 0 saturated heterocycles. The smallest absolute Gasteiger partial charge is 0.343 e. The highest BCUT2D eigenvalue weighted by Gasteiger charge is 2.15. The number of hydrogen-bond acceptors (Lipinski definition) is 7. The lowest BCUT2D eigenvalue weighted by Crippen LogP contribution is -2.33. The summed E-state index contributed by atoms with van der Waals surface area (Å²) in [5.41, 5.74) is 0.768. The molecule has 0 saturated carbocycles. The average Bonchev–Trinajstić information content (AvgIpc) is 2.67. The van der Waals surface area contributed by atoms with Crippen LogP contribution < -0.4 is 16.0 Å². The third kappa shape index (κ3) is 6.30. The van der Waals surface area contributed by atoms with Crippen molar-refractivity contribution < 1.29 is 14.3 Å². The van der Waals surface area contributed by atoms with E-state index in [0.29, 0.717) is 34.8 Å². The number of benzene rings is 1. The van der Waals surface area contributed by atoms with E-state index < -0.39 is 5.97 Å². The molecule has 0 radical (unpaired) electrons. The van der Waals surface area contributed by atoms with Crippen molar-refractivity contribution >= 4 is 46.9 Å². The Morgan fingerprint density at radius 1 is 1.26 bits per heavy atom. The molecule has 0 aliphatic rings. The van der Waals surface area contributed by atoms with Crippen LogP contribution in [-0.2, 0) is 4.74 Å². The lowest BCUT2D eigenvalue weighted by Gasteiger charge is -2.12. The van der Waals surface area contributed by atoms with Crippen LogP contribution in [0, 0.1) is 0 Å². The van der Waals surface area contributed by atoms with Gasteiger partial charge in [0.05, 0.1) is 17.3 Å². The summed E-state index contributed by atoms with van der Waals surface area (Å²) in [7, 11) is 0. The summed E-state index contributed by atoms with van der Waals surface area (Å²) in [5, 5.41) is 9.36. The number of esters is 1. The largest absolute Gasteiger partial charge is 0.462 e. The number of carbonyl (C=O) groups is 2. The van der Waals surface area contributed by atoms with Crippen LogP contribution in [0.3, 0.4) is 0 Å². The molecule has 0 unspecified atom stereocenters. The topological polar surface area (TPSA) is 105 Å². The zero-order chi connectivity index (χ0) is 19.6. The number of anilines is 2. The zero-order valence-electron chi connectivity index (χ0n) is 14.9. The molecule has 3 N–H and O–H groups in total. The summed E-state index contributed by atoms with van der Waals surface area (Å²) < 4.78 is 5.01. The maximum atomic E-state index is 12.0. The second kappa shape index (κ2) is 10.6. The van der Waals surface area contributed by atoms with Crippen molar-refractivity contribution in [3.63, 3.8) is 0 Å². The Bertz CT molecular complexity index is 806. The molecule has 0 bridgehead atoms. The summed E-state index contributed by atoms with van der Waals surface area (Å²) in [5.74, 6) is -0.141. The van der Waals surface area contributed by atoms with E-state index in [1.165, 1.54) is 18.0 Å². The summed E-state index contributed by atoms with van der Waals surface area (Å²) >= 11 is 7.35. The van der Waals surface area contributed by atoms with E-state index >= 15 is 0 Å². The van der Waals surface area contributed by atoms with Gasteiger partial charge in [0.1, 0.15) is 11.4 Å². The van der Waals surface area contributed by atoms with Crippen LogP contribution in [-0.4, -0.2) is 47.9 Å². The zero-order valence-corrected chi connectivity index (χ0v) is 16.5. The van der Waals surface area contributed by atoms with E-state index in [0.717, 1.165) is 0 Å². The Balaban J connectivity index is 1.89. The highest BCUT2D eigenvalue weighted by Crippen LogP contribution is 2.20. The van der Waals surface area contributed by atoms with Crippen molar-refractivity contribution in [2.75, 3.05) is 36.6 Å². The number of thioether (sulfide) groups is 1.